The lowest BCUT2D eigenvalue weighted by atomic mass is 10.1. The predicted molar refractivity (Wildman–Crippen MR) is 74.6 cm³/mol. The fourth-order valence-electron chi connectivity index (χ4n) is 2.56. The Morgan fingerprint density at radius 3 is 2.79 bits per heavy atom. The van der Waals surface area contributed by atoms with Crippen LogP contribution in [0.25, 0.3) is 0 Å². The molecule has 96 valence electrons. The first kappa shape index (κ1) is 12.0. The van der Waals surface area contributed by atoms with Gasteiger partial charge in [0.1, 0.15) is 12.4 Å². The first-order chi connectivity index (χ1) is 9.24. The SMILES string of the molecule is Cc1cccc(COc2cccc3c2CCC3=O)c1. The molecule has 0 saturated carbocycles. The fraction of sp³-hybridized carbons (Fsp3) is 0.235. The standard InChI is InChI=1S/C17H16O2/c1-12-4-2-5-13(10-12)11-19-17-7-3-6-14-15(17)8-9-16(14)18/h2-7,10H,8-9,11H2,1H3. The number of Topliss-reactive ketones (excluding diaryl/α,β-unsaturated/α-hetero) is 1. The summed E-state index contributed by atoms with van der Waals surface area (Å²) in [6.07, 6.45) is 1.41. The van der Waals surface area contributed by atoms with E-state index >= 15 is 0 Å². The van der Waals surface area contributed by atoms with Crippen LogP contribution in [0.3, 0.4) is 0 Å². The van der Waals surface area contributed by atoms with E-state index in [-0.39, 0.29) is 5.78 Å². The number of rotatable bonds is 3. The topological polar surface area (TPSA) is 26.3 Å². The Kier molecular flexibility index (Phi) is 3.08. The number of hydrogen-bond acceptors (Lipinski definition) is 2. The third kappa shape index (κ3) is 2.39. The van der Waals surface area contributed by atoms with E-state index in [0.717, 1.165) is 28.9 Å². The Morgan fingerprint density at radius 1 is 1.11 bits per heavy atom. The highest BCUT2D eigenvalue weighted by molar-refractivity contribution is 6.01. The maximum Gasteiger partial charge on any atom is 0.163 e. The Morgan fingerprint density at radius 2 is 1.95 bits per heavy atom. The van der Waals surface area contributed by atoms with E-state index in [4.69, 9.17) is 4.74 Å². The lowest BCUT2D eigenvalue weighted by Crippen LogP contribution is -1.99. The predicted octanol–water partition coefficient (Wildman–Crippen LogP) is 3.70. The molecule has 0 bridgehead atoms. The molecule has 19 heavy (non-hydrogen) atoms. The number of fused-ring (bicyclic) bond motifs is 1. The average molecular weight is 252 g/mol. The molecule has 0 amide bonds. The summed E-state index contributed by atoms with van der Waals surface area (Å²) in [7, 11) is 0. The minimum absolute atomic E-state index is 0.232. The van der Waals surface area contributed by atoms with Crippen molar-refractivity contribution in [3.05, 3.63) is 64.7 Å². The van der Waals surface area contributed by atoms with Gasteiger partial charge in [0.2, 0.25) is 0 Å². The van der Waals surface area contributed by atoms with Gasteiger partial charge in [-0.2, -0.15) is 0 Å². The summed E-state index contributed by atoms with van der Waals surface area (Å²) in [6, 6.07) is 14.0. The van der Waals surface area contributed by atoms with Crippen LogP contribution in [0.5, 0.6) is 5.75 Å². The molecule has 0 atom stereocenters. The third-order valence-electron chi connectivity index (χ3n) is 3.51. The lowest BCUT2D eigenvalue weighted by molar-refractivity contribution is 0.0994. The molecule has 0 saturated heterocycles. The van der Waals surface area contributed by atoms with E-state index in [0.29, 0.717) is 13.0 Å². The van der Waals surface area contributed by atoms with Crippen LogP contribution in [0.15, 0.2) is 42.5 Å². The zero-order chi connectivity index (χ0) is 13.2. The summed E-state index contributed by atoms with van der Waals surface area (Å²) < 4.78 is 5.89. The molecule has 1 aliphatic carbocycles. The largest absolute Gasteiger partial charge is 0.489 e. The van der Waals surface area contributed by atoms with Gasteiger partial charge in [-0.05, 0) is 25.0 Å². The van der Waals surface area contributed by atoms with Crippen LogP contribution in [0.2, 0.25) is 0 Å². The van der Waals surface area contributed by atoms with Gasteiger partial charge in [-0.1, -0.05) is 42.0 Å². The second kappa shape index (κ2) is 4.88. The molecule has 1 aliphatic rings. The van der Waals surface area contributed by atoms with Crippen LogP contribution < -0.4 is 4.74 Å². The van der Waals surface area contributed by atoms with Crippen molar-refractivity contribution in [2.75, 3.05) is 0 Å². The monoisotopic (exact) mass is 252 g/mol. The number of hydrogen-bond donors (Lipinski definition) is 0. The molecule has 0 spiro atoms. The van der Waals surface area contributed by atoms with Crippen LogP contribution in [0.1, 0.15) is 33.5 Å². The van der Waals surface area contributed by atoms with Gasteiger partial charge in [-0.25, -0.2) is 0 Å². The van der Waals surface area contributed by atoms with Crippen molar-refractivity contribution >= 4 is 5.78 Å². The Labute approximate surface area is 113 Å². The molecule has 2 aromatic rings. The van der Waals surface area contributed by atoms with Gasteiger partial charge < -0.3 is 4.74 Å². The molecule has 0 N–H and O–H groups in total. The van der Waals surface area contributed by atoms with E-state index in [2.05, 4.69) is 25.1 Å². The minimum atomic E-state index is 0.232. The first-order valence-corrected chi connectivity index (χ1v) is 6.57. The van der Waals surface area contributed by atoms with Crippen molar-refractivity contribution < 1.29 is 9.53 Å². The maximum absolute atomic E-state index is 11.7. The molecule has 0 unspecified atom stereocenters. The Balaban J connectivity index is 1.80. The molecule has 2 nitrogen and oxygen atoms in total. The number of ketones is 1. The second-order valence-electron chi connectivity index (χ2n) is 4.98. The van der Waals surface area contributed by atoms with Gasteiger partial charge >= 0.3 is 0 Å². The zero-order valence-electron chi connectivity index (χ0n) is 11.0. The van der Waals surface area contributed by atoms with E-state index < -0.39 is 0 Å². The summed E-state index contributed by atoms with van der Waals surface area (Å²) in [5.74, 6) is 1.08. The molecule has 0 radical (unpaired) electrons. The molecule has 0 heterocycles. The van der Waals surface area contributed by atoms with Gasteiger partial charge in [-0.15, -0.1) is 0 Å². The summed E-state index contributed by atoms with van der Waals surface area (Å²) in [5, 5.41) is 0. The van der Waals surface area contributed by atoms with Gasteiger partial charge in [0.05, 0.1) is 0 Å². The lowest BCUT2D eigenvalue weighted by Gasteiger charge is -2.10. The molecule has 0 fully saturated rings. The van der Waals surface area contributed by atoms with Crippen LogP contribution >= 0.6 is 0 Å². The second-order valence-corrected chi connectivity index (χ2v) is 4.98. The number of ether oxygens (including phenoxy) is 1. The van der Waals surface area contributed by atoms with Crippen molar-refractivity contribution in [3.63, 3.8) is 0 Å². The molecule has 0 aliphatic heterocycles. The zero-order valence-corrected chi connectivity index (χ0v) is 11.0. The molecule has 0 aromatic heterocycles. The Hall–Kier alpha value is -2.09. The third-order valence-corrected chi connectivity index (χ3v) is 3.51. The summed E-state index contributed by atoms with van der Waals surface area (Å²) in [5.41, 5.74) is 4.29. The minimum Gasteiger partial charge on any atom is -0.489 e. The summed E-state index contributed by atoms with van der Waals surface area (Å²) in [4.78, 5) is 11.7. The summed E-state index contributed by atoms with van der Waals surface area (Å²) in [6.45, 7) is 2.62. The van der Waals surface area contributed by atoms with Gasteiger partial charge in [0.15, 0.2) is 5.78 Å². The van der Waals surface area contributed by atoms with Crippen LogP contribution in [-0.2, 0) is 13.0 Å². The van der Waals surface area contributed by atoms with Crippen molar-refractivity contribution in [1.82, 2.24) is 0 Å². The van der Waals surface area contributed by atoms with Crippen LogP contribution in [-0.4, -0.2) is 5.78 Å². The quantitative estimate of drug-likeness (QED) is 0.832. The van der Waals surface area contributed by atoms with E-state index in [1.54, 1.807) is 0 Å². The van der Waals surface area contributed by atoms with E-state index in [1.165, 1.54) is 5.56 Å². The summed E-state index contributed by atoms with van der Waals surface area (Å²) >= 11 is 0. The van der Waals surface area contributed by atoms with Crippen LogP contribution in [0.4, 0.5) is 0 Å². The smallest absolute Gasteiger partial charge is 0.163 e. The first-order valence-electron chi connectivity index (χ1n) is 6.57. The highest BCUT2D eigenvalue weighted by Gasteiger charge is 2.22. The molecular weight excluding hydrogens is 236 g/mol. The number of benzene rings is 2. The van der Waals surface area contributed by atoms with Crippen LogP contribution in [0, 0.1) is 6.92 Å². The number of carbonyl (C=O) groups is 1. The molecule has 2 aromatic carbocycles. The van der Waals surface area contributed by atoms with Crippen molar-refractivity contribution in [2.45, 2.75) is 26.4 Å². The van der Waals surface area contributed by atoms with E-state index in [9.17, 15) is 4.79 Å². The molecular formula is C17H16O2. The number of carbonyl (C=O) groups excluding carboxylic acids is 1. The maximum atomic E-state index is 11.7. The van der Waals surface area contributed by atoms with Gasteiger partial charge in [0.25, 0.3) is 0 Å². The van der Waals surface area contributed by atoms with Gasteiger partial charge in [-0.3, -0.25) is 4.79 Å². The van der Waals surface area contributed by atoms with Crippen molar-refractivity contribution in [2.24, 2.45) is 0 Å². The van der Waals surface area contributed by atoms with Crippen molar-refractivity contribution in [3.8, 4) is 5.75 Å². The van der Waals surface area contributed by atoms with E-state index in [1.807, 2.05) is 24.3 Å². The van der Waals surface area contributed by atoms with Gasteiger partial charge in [0, 0.05) is 17.5 Å². The highest BCUT2D eigenvalue weighted by Crippen LogP contribution is 2.30. The Bertz CT molecular complexity index is 629. The normalized spacial score (nSPS) is 13.4. The molecule has 3 rings (SSSR count). The van der Waals surface area contributed by atoms with Crippen molar-refractivity contribution in [1.29, 1.82) is 0 Å². The fourth-order valence-corrected chi connectivity index (χ4v) is 2.56. The average Bonchev–Trinajstić information content (AvgIpc) is 2.79. The number of aryl methyl sites for hydroxylation is 1. The molecule has 2 heteroatoms. The highest BCUT2D eigenvalue weighted by atomic mass is 16.5.